The molecule has 0 aliphatic rings. The highest BCUT2D eigenvalue weighted by molar-refractivity contribution is 7.47. The van der Waals surface area contributed by atoms with Crippen molar-refractivity contribution in [3.05, 3.63) is 72.9 Å². The van der Waals surface area contributed by atoms with Gasteiger partial charge < -0.3 is 25.2 Å². The van der Waals surface area contributed by atoms with E-state index >= 15 is 0 Å². The van der Waals surface area contributed by atoms with Gasteiger partial charge in [-0.3, -0.25) is 23.4 Å². The molecule has 320 valence electrons. The van der Waals surface area contributed by atoms with Crippen LogP contribution in [0.1, 0.15) is 155 Å². The highest BCUT2D eigenvalue weighted by Crippen LogP contribution is 2.43. The van der Waals surface area contributed by atoms with Gasteiger partial charge in [-0.1, -0.05) is 132 Å². The van der Waals surface area contributed by atoms with E-state index in [1.807, 2.05) is 0 Å². The van der Waals surface area contributed by atoms with Gasteiger partial charge in [-0.05, 0) is 83.5 Å². The average Bonchev–Trinajstić information content (AvgIpc) is 3.17. The molecule has 0 amide bonds. The molecule has 0 aromatic heterocycles. The number of aliphatic carboxylic acids is 1. The molecule has 0 saturated heterocycles. The molecular weight excluding hydrogens is 733 g/mol. The van der Waals surface area contributed by atoms with Gasteiger partial charge in [0.25, 0.3) is 0 Å². The summed E-state index contributed by atoms with van der Waals surface area (Å²) in [6.45, 7) is 2.60. The van der Waals surface area contributed by atoms with Crippen LogP contribution in [-0.2, 0) is 37.5 Å². The van der Waals surface area contributed by atoms with Crippen LogP contribution in [0.3, 0.4) is 0 Å². The monoisotopic (exact) mass is 808 g/mol. The van der Waals surface area contributed by atoms with Crippen molar-refractivity contribution in [2.24, 2.45) is 5.73 Å². The number of phosphoric acid groups is 1. The van der Waals surface area contributed by atoms with Gasteiger partial charge in [0.15, 0.2) is 6.10 Å². The minimum absolute atomic E-state index is 0.136. The molecule has 11 nitrogen and oxygen atoms in total. The molecule has 0 saturated carbocycles. The molecule has 0 heterocycles. The van der Waals surface area contributed by atoms with Crippen LogP contribution in [0.25, 0.3) is 0 Å². The van der Waals surface area contributed by atoms with E-state index in [9.17, 15) is 23.8 Å². The summed E-state index contributed by atoms with van der Waals surface area (Å²) in [5, 5.41) is 8.88. The summed E-state index contributed by atoms with van der Waals surface area (Å²) >= 11 is 0. The number of ether oxygens (including phenoxy) is 2. The smallest absolute Gasteiger partial charge is 0.472 e. The molecule has 4 N–H and O–H groups in total. The normalized spacial score (nSPS) is 14.5. The lowest BCUT2D eigenvalue weighted by Crippen LogP contribution is -2.34. The Labute approximate surface area is 338 Å². The Morgan fingerprint density at radius 3 is 1.50 bits per heavy atom. The average molecular weight is 808 g/mol. The molecule has 56 heavy (non-hydrogen) atoms. The standard InChI is InChI=1S/C44H74NO10P/c1-3-5-7-9-11-13-15-17-19-20-22-23-25-27-29-31-33-35-42(46)52-37-40(38-53-56(50,51)54-39-41(45)44(48)49)55-43(47)36-34-32-30-28-26-24-21-18-16-14-12-10-8-6-4-2/h5,7,11-14,17-19,21-23,40-41H,3-4,6,8-10,15-16,20,24-39,45H2,1-2H3,(H,48,49)(H,50,51)/b7-5-,13-11-,14-12-,19-17-,21-18-,23-22-/t40-,41+/m1/s1. The Hall–Kier alpha value is -3.08. The fourth-order valence-corrected chi connectivity index (χ4v) is 5.92. The van der Waals surface area contributed by atoms with Gasteiger partial charge >= 0.3 is 25.7 Å². The third kappa shape index (κ3) is 37.8. The molecule has 12 heteroatoms. The van der Waals surface area contributed by atoms with Gasteiger partial charge in [0, 0.05) is 12.8 Å². The zero-order chi connectivity index (χ0) is 41.4. The summed E-state index contributed by atoms with van der Waals surface area (Å²) in [6.07, 6.45) is 45.3. The van der Waals surface area contributed by atoms with Crippen molar-refractivity contribution in [3.63, 3.8) is 0 Å². The molecule has 0 rings (SSSR count). The van der Waals surface area contributed by atoms with Crippen LogP contribution >= 0.6 is 7.82 Å². The summed E-state index contributed by atoms with van der Waals surface area (Å²) in [5.74, 6) is -2.44. The van der Waals surface area contributed by atoms with Crippen molar-refractivity contribution in [1.29, 1.82) is 0 Å². The van der Waals surface area contributed by atoms with Crippen LogP contribution in [0.15, 0.2) is 72.9 Å². The van der Waals surface area contributed by atoms with E-state index in [4.69, 9.17) is 24.8 Å². The summed E-state index contributed by atoms with van der Waals surface area (Å²) in [6, 6.07) is -1.53. The van der Waals surface area contributed by atoms with Crippen LogP contribution in [-0.4, -0.2) is 59.9 Å². The van der Waals surface area contributed by atoms with Crippen LogP contribution < -0.4 is 5.73 Å². The number of nitrogens with two attached hydrogens (primary N) is 1. The number of phosphoric ester groups is 1. The zero-order valence-corrected chi connectivity index (χ0v) is 35.3. The molecule has 1 unspecified atom stereocenters. The van der Waals surface area contributed by atoms with Crippen molar-refractivity contribution in [2.75, 3.05) is 19.8 Å². The Bertz CT molecular complexity index is 1230. The number of rotatable bonds is 38. The topological polar surface area (TPSA) is 172 Å². The number of carboxylic acids is 1. The van der Waals surface area contributed by atoms with Crippen molar-refractivity contribution in [3.8, 4) is 0 Å². The summed E-state index contributed by atoms with van der Waals surface area (Å²) in [7, 11) is -4.73. The number of allylic oxidation sites excluding steroid dienone is 12. The second-order valence-electron chi connectivity index (χ2n) is 13.7. The quantitative estimate of drug-likeness (QED) is 0.0235. The number of carboxylic acid groups (broad SMARTS) is 1. The summed E-state index contributed by atoms with van der Waals surface area (Å²) in [5.41, 5.74) is 5.32. The lowest BCUT2D eigenvalue weighted by Gasteiger charge is -2.20. The maximum atomic E-state index is 12.6. The minimum Gasteiger partial charge on any atom is -0.480 e. The first kappa shape index (κ1) is 52.9. The van der Waals surface area contributed by atoms with E-state index in [0.717, 1.165) is 96.3 Å². The van der Waals surface area contributed by atoms with Gasteiger partial charge in [-0.15, -0.1) is 0 Å². The number of hydrogen-bond acceptors (Lipinski definition) is 9. The van der Waals surface area contributed by atoms with Crippen LogP contribution in [0.5, 0.6) is 0 Å². The molecule has 0 bridgehead atoms. The first-order chi connectivity index (χ1) is 27.1. The first-order valence-corrected chi connectivity index (χ1v) is 22.5. The summed E-state index contributed by atoms with van der Waals surface area (Å²) in [4.78, 5) is 45.9. The van der Waals surface area contributed by atoms with Crippen molar-refractivity contribution in [2.45, 2.75) is 167 Å². The largest absolute Gasteiger partial charge is 0.480 e. The van der Waals surface area contributed by atoms with E-state index in [1.165, 1.54) is 19.3 Å². The number of carbonyl (C=O) groups excluding carboxylic acids is 2. The Kier molecular flexibility index (Phi) is 36.6. The number of esters is 2. The maximum absolute atomic E-state index is 12.6. The number of hydrogen-bond donors (Lipinski definition) is 3. The maximum Gasteiger partial charge on any atom is 0.472 e. The molecule has 0 radical (unpaired) electrons. The molecule has 3 atom stereocenters. The highest BCUT2D eigenvalue weighted by atomic mass is 31.2. The van der Waals surface area contributed by atoms with E-state index < -0.39 is 51.1 Å². The van der Waals surface area contributed by atoms with Crippen LogP contribution in [0, 0.1) is 0 Å². The van der Waals surface area contributed by atoms with Crippen LogP contribution in [0.4, 0.5) is 0 Å². The van der Waals surface area contributed by atoms with E-state index in [-0.39, 0.29) is 19.4 Å². The SMILES string of the molecule is CC/C=C\C/C=C\C/C=C\C/C=C\CCCCCCC(=O)OC[C@H](COP(=O)(O)OC[C@H](N)C(=O)O)OC(=O)CCCCCCC/C=C\C/C=C\CCCCC. The fourth-order valence-electron chi connectivity index (χ4n) is 5.14. The zero-order valence-electron chi connectivity index (χ0n) is 34.4. The molecule has 0 aliphatic carbocycles. The molecule has 0 fully saturated rings. The third-order valence-corrected chi connectivity index (χ3v) is 9.39. The second kappa shape index (κ2) is 38.8. The van der Waals surface area contributed by atoms with Crippen LogP contribution in [0.2, 0.25) is 0 Å². The predicted molar refractivity (Wildman–Crippen MR) is 226 cm³/mol. The molecule has 0 aliphatic heterocycles. The van der Waals surface area contributed by atoms with Crippen molar-refractivity contribution >= 4 is 25.7 Å². The number of carbonyl (C=O) groups is 3. The van der Waals surface area contributed by atoms with Gasteiger partial charge in [-0.2, -0.15) is 0 Å². The number of unbranched alkanes of at least 4 members (excludes halogenated alkanes) is 12. The fraction of sp³-hybridized carbons (Fsp3) is 0.659. The third-order valence-electron chi connectivity index (χ3n) is 8.44. The Morgan fingerprint density at radius 1 is 0.571 bits per heavy atom. The Morgan fingerprint density at radius 2 is 1.00 bits per heavy atom. The van der Waals surface area contributed by atoms with Crippen molar-refractivity contribution < 1.29 is 47.5 Å². The lowest BCUT2D eigenvalue weighted by atomic mass is 10.1. The van der Waals surface area contributed by atoms with Gasteiger partial charge in [0.1, 0.15) is 12.6 Å². The summed E-state index contributed by atoms with van der Waals surface area (Å²) < 4.78 is 32.6. The molecular formula is C44H74NO10P. The molecule has 0 aromatic carbocycles. The van der Waals surface area contributed by atoms with Gasteiger partial charge in [-0.25, -0.2) is 4.57 Å². The molecule has 0 aromatic rings. The predicted octanol–water partition coefficient (Wildman–Crippen LogP) is 10.9. The first-order valence-electron chi connectivity index (χ1n) is 21.0. The van der Waals surface area contributed by atoms with E-state index in [1.54, 1.807) is 0 Å². The molecule has 0 spiro atoms. The lowest BCUT2D eigenvalue weighted by molar-refractivity contribution is -0.161. The Balaban J connectivity index is 4.47. The van der Waals surface area contributed by atoms with Gasteiger partial charge in [0.2, 0.25) is 0 Å². The minimum atomic E-state index is -4.73. The van der Waals surface area contributed by atoms with E-state index in [2.05, 4.69) is 91.3 Å². The van der Waals surface area contributed by atoms with Gasteiger partial charge in [0.05, 0.1) is 13.2 Å². The van der Waals surface area contributed by atoms with E-state index in [0.29, 0.717) is 12.8 Å². The highest BCUT2D eigenvalue weighted by Gasteiger charge is 2.28. The second-order valence-corrected chi connectivity index (χ2v) is 15.2. The van der Waals surface area contributed by atoms with Crippen molar-refractivity contribution in [1.82, 2.24) is 0 Å².